The summed E-state index contributed by atoms with van der Waals surface area (Å²) in [6.07, 6.45) is 1.75. The molecule has 39 heavy (non-hydrogen) atoms. The fourth-order valence-electron chi connectivity index (χ4n) is 3.88. The van der Waals surface area contributed by atoms with Crippen LogP contribution in [0.5, 0.6) is 23.0 Å². The predicted octanol–water partition coefficient (Wildman–Crippen LogP) is 5.30. The third-order valence-electron chi connectivity index (χ3n) is 5.66. The Kier molecular flexibility index (Phi) is 7.42. The summed E-state index contributed by atoms with van der Waals surface area (Å²) in [4.78, 5) is -1.49. The summed E-state index contributed by atoms with van der Waals surface area (Å²) in [6, 6.07) is 9.09. The smallest absolute Gasteiger partial charge is 0.296 e. The highest BCUT2D eigenvalue weighted by atomic mass is 35.5. The maximum Gasteiger partial charge on any atom is 0.296 e. The number of methoxy groups -OCH3 is 1. The fourth-order valence-corrected chi connectivity index (χ4v) is 5.32. The number of hydrogen-bond donors (Lipinski definition) is 5. The van der Waals surface area contributed by atoms with Gasteiger partial charge >= 0.3 is 0 Å². The number of halogens is 1. The van der Waals surface area contributed by atoms with Gasteiger partial charge in [-0.05, 0) is 47.6 Å². The van der Waals surface area contributed by atoms with Crippen molar-refractivity contribution in [1.29, 1.82) is 0 Å². The molecule has 1 aliphatic rings. The Hall–Kier alpha value is -3.95. The first-order chi connectivity index (χ1) is 18.2. The number of nitrogens with zero attached hydrogens (tertiary/aromatic N) is 2. The summed E-state index contributed by atoms with van der Waals surface area (Å²) >= 11 is 5.80. The number of benzene rings is 3. The van der Waals surface area contributed by atoms with E-state index in [2.05, 4.69) is 10.2 Å². The number of phenolic OH excluding ortho intramolecular Hbond substituents is 3. The van der Waals surface area contributed by atoms with E-state index in [0.717, 1.165) is 18.2 Å². The van der Waals surface area contributed by atoms with Gasteiger partial charge in [0.15, 0.2) is 17.2 Å². The van der Waals surface area contributed by atoms with Crippen LogP contribution in [-0.4, -0.2) is 48.4 Å². The molecule has 0 saturated heterocycles. The normalized spacial score (nSPS) is 14.9. The average Bonchev–Trinajstić information content (AvgIpc) is 2.84. The van der Waals surface area contributed by atoms with E-state index in [-0.39, 0.29) is 44.5 Å². The zero-order valence-electron chi connectivity index (χ0n) is 19.8. The molecule has 0 atom stereocenters. The van der Waals surface area contributed by atoms with E-state index in [0.29, 0.717) is 0 Å². The SMILES string of the molecule is COc1cccc(C=C2CC(S(=O)(=O)O)=Cc3cc(S(=O)(=O)O)c(N=Nc4ccc(Cl)cc4O)c(O)c32)c1O. The van der Waals surface area contributed by atoms with E-state index < -0.39 is 53.6 Å². The molecule has 15 heteroatoms. The van der Waals surface area contributed by atoms with Crippen molar-refractivity contribution < 1.29 is 46.0 Å². The van der Waals surface area contributed by atoms with Gasteiger partial charge in [0, 0.05) is 28.6 Å². The van der Waals surface area contributed by atoms with Gasteiger partial charge in [-0.15, -0.1) is 10.2 Å². The van der Waals surface area contributed by atoms with Gasteiger partial charge in [0.05, 0.1) is 12.0 Å². The Morgan fingerprint density at radius 3 is 2.28 bits per heavy atom. The largest absolute Gasteiger partial charge is 0.506 e. The summed E-state index contributed by atoms with van der Waals surface area (Å²) in [5, 5.41) is 39.4. The Balaban J connectivity index is 2.03. The van der Waals surface area contributed by atoms with E-state index in [1.54, 1.807) is 0 Å². The highest BCUT2D eigenvalue weighted by Crippen LogP contribution is 2.49. The maximum atomic E-state index is 12.2. The third kappa shape index (κ3) is 5.74. The van der Waals surface area contributed by atoms with Crippen molar-refractivity contribution in [2.75, 3.05) is 7.11 Å². The molecule has 0 amide bonds. The summed E-state index contributed by atoms with van der Waals surface area (Å²) in [6.45, 7) is 0. The topological polar surface area (TPSA) is 203 Å². The van der Waals surface area contributed by atoms with Crippen LogP contribution in [0.3, 0.4) is 0 Å². The first-order valence-corrected chi connectivity index (χ1v) is 14.0. The Bertz CT molecular complexity index is 1810. The van der Waals surface area contributed by atoms with E-state index in [1.165, 1.54) is 43.5 Å². The predicted molar refractivity (Wildman–Crippen MR) is 142 cm³/mol. The minimum Gasteiger partial charge on any atom is -0.506 e. The lowest BCUT2D eigenvalue weighted by atomic mass is 9.89. The maximum absolute atomic E-state index is 12.2. The Morgan fingerprint density at radius 2 is 1.67 bits per heavy atom. The molecule has 0 spiro atoms. The number of allylic oxidation sites excluding steroid dienone is 2. The number of hydrogen-bond acceptors (Lipinski definition) is 10. The first-order valence-electron chi connectivity index (χ1n) is 10.7. The van der Waals surface area contributed by atoms with Gasteiger partial charge in [0.1, 0.15) is 22.0 Å². The van der Waals surface area contributed by atoms with Crippen LogP contribution in [0.4, 0.5) is 11.4 Å². The van der Waals surface area contributed by atoms with Crippen molar-refractivity contribution in [3.63, 3.8) is 0 Å². The number of aromatic hydroxyl groups is 3. The van der Waals surface area contributed by atoms with Gasteiger partial charge in [-0.1, -0.05) is 23.7 Å². The van der Waals surface area contributed by atoms with Gasteiger partial charge in [-0.2, -0.15) is 16.8 Å². The molecular weight excluding hydrogens is 576 g/mol. The highest BCUT2D eigenvalue weighted by molar-refractivity contribution is 7.90. The minimum absolute atomic E-state index is 0.0221. The van der Waals surface area contributed by atoms with E-state index in [9.17, 15) is 41.3 Å². The zero-order valence-corrected chi connectivity index (χ0v) is 22.2. The van der Waals surface area contributed by atoms with Crippen LogP contribution in [0.15, 0.2) is 62.5 Å². The number of phenols is 3. The second-order valence-corrected chi connectivity index (χ2v) is 11.5. The molecule has 0 heterocycles. The number of para-hydroxylation sites is 1. The molecular formula is C24H19ClN2O10S2. The number of ether oxygens (including phenoxy) is 1. The van der Waals surface area contributed by atoms with Gasteiger partial charge < -0.3 is 20.1 Å². The number of azo groups is 1. The molecule has 3 aromatic carbocycles. The molecule has 204 valence electrons. The molecule has 3 aromatic rings. The lowest BCUT2D eigenvalue weighted by Gasteiger charge is -2.22. The van der Waals surface area contributed by atoms with E-state index in [1.807, 2.05) is 0 Å². The molecule has 5 N–H and O–H groups in total. The lowest BCUT2D eigenvalue weighted by Crippen LogP contribution is -2.09. The summed E-state index contributed by atoms with van der Waals surface area (Å²) in [5.41, 5.74) is -1.04. The molecule has 0 unspecified atom stereocenters. The minimum atomic E-state index is -5.07. The highest BCUT2D eigenvalue weighted by Gasteiger charge is 2.31. The zero-order chi connectivity index (χ0) is 28.7. The quantitative estimate of drug-likeness (QED) is 0.184. The molecule has 0 aliphatic heterocycles. The van der Waals surface area contributed by atoms with Crippen molar-refractivity contribution in [2.45, 2.75) is 11.3 Å². The number of fused-ring (bicyclic) bond motifs is 1. The van der Waals surface area contributed by atoms with Gasteiger partial charge in [0.2, 0.25) is 0 Å². The van der Waals surface area contributed by atoms with E-state index in [4.69, 9.17) is 16.3 Å². The fraction of sp³-hybridized carbons (Fsp3) is 0.0833. The molecule has 1 aliphatic carbocycles. The molecule has 0 saturated carbocycles. The van der Waals surface area contributed by atoms with Crippen molar-refractivity contribution >= 4 is 60.9 Å². The van der Waals surface area contributed by atoms with Crippen LogP contribution in [-0.2, 0) is 20.2 Å². The number of rotatable bonds is 6. The van der Waals surface area contributed by atoms with Gasteiger partial charge in [-0.25, -0.2) is 0 Å². The van der Waals surface area contributed by atoms with Crippen LogP contribution < -0.4 is 4.74 Å². The van der Waals surface area contributed by atoms with Crippen LogP contribution in [0.1, 0.15) is 23.1 Å². The first kappa shape index (κ1) is 28.1. The lowest BCUT2D eigenvalue weighted by molar-refractivity contribution is 0.373. The van der Waals surface area contributed by atoms with E-state index >= 15 is 0 Å². The third-order valence-corrected chi connectivity index (χ3v) is 7.68. The molecule has 0 bridgehead atoms. The Labute approximate surface area is 227 Å². The summed E-state index contributed by atoms with van der Waals surface area (Å²) < 4.78 is 73.1. The summed E-state index contributed by atoms with van der Waals surface area (Å²) in [5.74, 6) is -1.46. The van der Waals surface area contributed by atoms with Crippen LogP contribution in [0.25, 0.3) is 17.7 Å². The standard InChI is InChI=1S/C24H19ClN2O10S2/c1-37-19-4-2-3-12(23(19)29)7-13-8-16(38(31,32)33)9-14-10-20(39(34,35)36)22(24(30)21(13)14)27-26-17-6-5-15(25)11-18(17)28/h2-7,9-11,28-30H,8H2,1H3,(H,31,32,33)(H,34,35,36). The van der Waals surface area contributed by atoms with Crippen LogP contribution in [0.2, 0.25) is 5.02 Å². The van der Waals surface area contributed by atoms with Crippen molar-refractivity contribution in [2.24, 2.45) is 10.2 Å². The van der Waals surface area contributed by atoms with Crippen molar-refractivity contribution in [1.82, 2.24) is 0 Å². The average molecular weight is 595 g/mol. The molecule has 0 radical (unpaired) electrons. The summed E-state index contributed by atoms with van der Waals surface area (Å²) in [7, 11) is -8.53. The second-order valence-electron chi connectivity index (χ2n) is 8.17. The second kappa shape index (κ2) is 10.3. The van der Waals surface area contributed by atoms with Crippen molar-refractivity contribution in [3.05, 3.63) is 69.1 Å². The molecule has 0 fully saturated rings. The monoisotopic (exact) mass is 594 g/mol. The van der Waals surface area contributed by atoms with Gasteiger partial charge in [0.25, 0.3) is 20.2 Å². The van der Waals surface area contributed by atoms with Gasteiger partial charge in [-0.3, -0.25) is 9.11 Å². The molecule has 12 nitrogen and oxygen atoms in total. The Morgan fingerprint density at radius 1 is 0.949 bits per heavy atom. The molecule has 4 rings (SSSR count). The van der Waals surface area contributed by atoms with Crippen LogP contribution in [0, 0.1) is 0 Å². The van der Waals surface area contributed by atoms with Crippen molar-refractivity contribution in [3.8, 4) is 23.0 Å². The molecule has 0 aromatic heterocycles. The van der Waals surface area contributed by atoms with Crippen LogP contribution >= 0.6 is 11.6 Å².